The van der Waals surface area contributed by atoms with E-state index in [4.69, 9.17) is 4.42 Å². The summed E-state index contributed by atoms with van der Waals surface area (Å²) in [5.41, 5.74) is 8.75. The maximum atomic E-state index is 5.97. The van der Waals surface area contributed by atoms with Crippen molar-refractivity contribution in [1.29, 1.82) is 0 Å². The van der Waals surface area contributed by atoms with E-state index in [1.165, 1.54) is 22.3 Å². The number of para-hydroxylation sites is 1. The standard InChI is InChI=1S/C30H21NO/c1-3-9-21(10-4-1)25-17-15-23(19-27(25)22-11-5-2-6-12-22)31-24-16-18-30-28(20-24)26-13-7-8-14-29(26)32-30/h1-20,31H. The van der Waals surface area contributed by atoms with Gasteiger partial charge in [0.15, 0.2) is 0 Å². The van der Waals surface area contributed by atoms with Gasteiger partial charge in [0.05, 0.1) is 0 Å². The van der Waals surface area contributed by atoms with Crippen molar-refractivity contribution in [1.82, 2.24) is 0 Å². The van der Waals surface area contributed by atoms with Gasteiger partial charge < -0.3 is 9.73 Å². The number of fused-ring (bicyclic) bond motifs is 3. The zero-order valence-electron chi connectivity index (χ0n) is 17.5. The lowest BCUT2D eigenvalue weighted by atomic mass is 9.94. The highest BCUT2D eigenvalue weighted by atomic mass is 16.3. The Morgan fingerprint density at radius 1 is 0.438 bits per heavy atom. The van der Waals surface area contributed by atoms with E-state index in [0.717, 1.165) is 33.3 Å². The van der Waals surface area contributed by atoms with Crippen molar-refractivity contribution in [2.24, 2.45) is 0 Å². The molecule has 6 rings (SSSR count). The summed E-state index contributed by atoms with van der Waals surface area (Å²) in [6.45, 7) is 0. The van der Waals surface area contributed by atoms with Crippen LogP contribution in [0.2, 0.25) is 0 Å². The van der Waals surface area contributed by atoms with Crippen LogP contribution in [0.1, 0.15) is 0 Å². The smallest absolute Gasteiger partial charge is 0.135 e. The summed E-state index contributed by atoms with van der Waals surface area (Å²) in [6, 6.07) is 42.1. The van der Waals surface area contributed by atoms with Crippen LogP contribution in [0.5, 0.6) is 0 Å². The number of anilines is 2. The summed E-state index contributed by atoms with van der Waals surface area (Å²) in [7, 11) is 0. The molecule has 0 saturated carbocycles. The lowest BCUT2D eigenvalue weighted by Gasteiger charge is -2.14. The first kappa shape index (κ1) is 18.5. The molecule has 1 aromatic heterocycles. The molecule has 152 valence electrons. The molecule has 2 nitrogen and oxygen atoms in total. The number of nitrogens with one attached hydrogen (secondary N) is 1. The Hall–Kier alpha value is -4.30. The second-order valence-corrected chi connectivity index (χ2v) is 7.93. The van der Waals surface area contributed by atoms with Gasteiger partial charge in [-0.25, -0.2) is 0 Å². The lowest BCUT2D eigenvalue weighted by Crippen LogP contribution is -1.92. The van der Waals surface area contributed by atoms with Gasteiger partial charge in [0.1, 0.15) is 11.2 Å². The summed E-state index contributed by atoms with van der Waals surface area (Å²) in [6.07, 6.45) is 0. The molecule has 32 heavy (non-hydrogen) atoms. The number of hydrogen-bond donors (Lipinski definition) is 1. The molecule has 0 atom stereocenters. The molecule has 1 heterocycles. The van der Waals surface area contributed by atoms with Crippen LogP contribution in [0.4, 0.5) is 11.4 Å². The SMILES string of the molecule is c1ccc(-c2ccc(Nc3ccc4oc5ccccc5c4c3)cc2-c2ccccc2)cc1. The van der Waals surface area contributed by atoms with Crippen LogP contribution in [-0.2, 0) is 0 Å². The van der Waals surface area contributed by atoms with E-state index in [1.54, 1.807) is 0 Å². The van der Waals surface area contributed by atoms with Crippen molar-refractivity contribution in [2.75, 3.05) is 5.32 Å². The van der Waals surface area contributed by atoms with Crippen LogP contribution in [-0.4, -0.2) is 0 Å². The zero-order valence-corrected chi connectivity index (χ0v) is 17.5. The predicted molar refractivity (Wildman–Crippen MR) is 134 cm³/mol. The normalized spacial score (nSPS) is 11.1. The topological polar surface area (TPSA) is 25.2 Å². The lowest BCUT2D eigenvalue weighted by molar-refractivity contribution is 0.669. The average Bonchev–Trinajstić information content (AvgIpc) is 3.23. The van der Waals surface area contributed by atoms with E-state index in [2.05, 4.69) is 102 Å². The van der Waals surface area contributed by atoms with E-state index < -0.39 is 0 Å². The number of hydrogen-bond acceptors (Lipinski definition) is 2. The highest BCUT2D eigenvalue weighted by Crippen LogP contribution is 2.36. The van der Waals surface area contributed by atoms with Crippen molar-refractivity contribution in [3.8, 4) is 22.3 Å². The molecular formula is C30H21NO. The third-order valence-corrected chi connectivity index (χ3v) is 5.85. The average molecular weight is 412 g/mol. The van der Waals surface area contributed by atoms with Gasteiger partial charge in [-0.1, -0.05) is 84.9 Å². The summed E-state index contributed by atoms with van der Waals surface area (Å²) in [4.78, 5) is 0. The Labute approximate surface area is 186 Å². The predicted octanol–water partition coefficient (Wildman–Crippen LogP) is 8.66. The van der Waals surface area contributed by atoms with Gasteiger partial charge in [-0.2, -0.15) is 0 Å². The van der Waals surface area contributed by atoms with Crippen molar-refractivity contribution in [2.45, 2.75) is 0 Å². The number of benzene rings is 5. The quantitative estimate of drug-likeness (QED) is 0.314. The van der Waals surface area contributed by atoms with Crippen LogP contribution in [0, 0.1) is 0 Å². The largest absolute Gasteiger partial charge is 0.456 e. The fourth-order valence-corrected chi connectivity index (χ4v) is 4.32. The molecule has 0 bridgehead atoms. The van der Waals surface area contributed by atoms with Crippen molar-refractivity contribution in [3.05, 3.63) is 121 Å². The molecule has 1 N–H and O–H groups in total. The first-order chi connectivity index (χ1) is 15.8. The minimum atomic E-state index is 0.904. The van der Waals surface area contributed by atoms with E-state index in [-0.39, 0.29) is 0 Å². The van der Waals surface area contributed by atoms with Crippen molar-refractivity contribution < 1.29 is 4.42 Å². The Morgan fingerprint density at radius 2 is 1.03 bits per heavy atom. The Kier molecular flexibility index (Phi) is 4.47. The third kappa shape index (κ3) is 3.32. The maximum absolute atomic E-state index is 5.97. The van der Waals surface area contributed by atoms with Gasteiger partial charge in [0, 0.05) is 22.1 Å². The first-order valence-electron chi connectivity index (χ1n) is 10.8. The molecule has 0 aliphatic heterocycles. The second kappa shape index (κ2) is 7.75. The molecule has 0 spiro atoms. The fourth-order valence-electron chi connectivity index (χ4n) is 4.32. The molecular weight excluding hydrogens is 390 g/mol. The van der Waals surface area contributed by atoms with Crippen LogP contribution in [0.25, 0.3) is 44.2 Å². The fraction of sp³-hybridized carbons (Fsp3) is 0. The molecule has 0 radical (unpaired) electrons. The monoisotopic (exact) mass is 411 g/mol. The molecule has 5 aromatic carbocycles. The highest BCUT2D eigenvalue weighted by Gasteiger charge is 2.10. The van der Waals surface area contributed by atoms with Gasteiger partial charge in [-0.05, 0) is 58.7 Å². The van der Waals surface area contributed by atoms with Gasteiger partial charge in [-0.15, -0.1) is 0 Å². The van der Waals surface area contributed by atoms with Gasteiger partial charge in [0.2, 0.25) is 0 Å². The van der Waals surface area contributed by atoms with Gasteiger partial charge >= 0.3 is 0 Å². The summed E-state index contributed by atoms with van der Waals surface area (Å²) < 4.78 is 5.97. The molecule has 0 aliphatic carbocycles. The molecule has 0 aliphatic rings. The minimum absolute atomic E-state index is 0.904. The molecule has 0 amide bonds. The summed E-state index contributed by atoms with van der Waals surface area (Å²) >= 11 is 0. The first-order valence-corrected chi connectivity index (χ1v) is 10.8. The van der Waals surface area contributed by atoms with Crippen LogP contribution < -0.4 is 5.32 Å². The highest BCUT2D eigenvalue weighted by molar-refractivity contribution is 6.06. The van der Waals surface area contributed by atoms with E-state index >= 15 is 0 Å². The number of furan rings is 1. The third-order valence-electron chi connectivity index (χ3n) is 5.85. The van der Waals surface area contributed by atoms with Gasteiger partial charge in [0.25, 0.3) is 0 Å². The Balaban J connectivity index is 1.43. The van der Waals surface area contributed by atoms with Crippen LogP contribution >= 0.6 is 0 Å². The second-order valence-electron chi connectivity index (χ2n) is 7.93. The molecule has 0 saturated heterocycles. The maximum Gasteiger partial charge on any atom is 0.135 e. The van der Waals surface area contributed by atoms with Crippen LogP contribution in [0.3, 0.4) is 0 Å². The van der Waals surface area contributed by atoms with Crippen molar-refractivity contribution >= 4 is 33.3 Å². The summed E-state index contributed by atoms with van der Waals surface area (Å²) in [5, 5.41) is 5.85. The van der Waals surface area contributed by atoms with Crippen molar-refractivity contribution in [3.63, 3.8) is 0 Å². The minimum Gasteiger partial charge on any atom is -0.456 e. The molecule has 0 unspecified atom stereocenters. The zero-order chi connectivity index (χ0) is 21.3. The van der Waals surface area contributed by atoms with E-state index in [0.29, 0.717) is 0 Å². The molecule has 2 heteroatoms. The number of rotatable bonds is 4. The van der Waals surface area contributed by atoms with Gasteiger partial charge in [-0.3, -0.25) is 0 Å². The molecule has 0 fully saturated rings. The van der Waals surface area contributed by atoms with E-state index in [9.17, 15) is 0 Å². The summed E-state index contributed by atoms with van der Waals surface area (Å²) in [5.74, 6) is 0. The Morgan fingerprint density at radius 3 is 1.81 bits per heavy atom. The Bertz CT molecular complexity index is 1530. The van der Waals surface area contributed by atoms with E-state index in [1.807, 2.05) is 24.3 Å². The van der Waals surface area contributed by atoms with Crippen LogP contribution in [0.15, 0.2) is 126 Å². The molecule has 6 aromatic rings.